The molecule has 2 amide bonds. The number of carbonyl (C=O) groups is 2. The number of amides is 2. The van der Waals surface area contributed by atoms with E-state index < -0.39 is 16.7 Å². The van der Waals surface area contributed by atoms with E-state index >= 15 is 0 Å². The molecule has 0 saturated heterocycles. The van der Waals surface area contributed by atoms with Crippen LogP contribution >= 0.6 is 0 Å². The highest BCUT2D eigenvalue weighted by Crippen LogP contribution is 2.39. The highest BCUT2D eigenvalue weighted by atomic mass is 16.6. The summed E-state index contributed by atoms with van der Waals surface area (Å²) in [7, 11) is 5.52. The number of imide groups is 1. The SMILES string of the molecule is Cn1nccc1-c1ccc2c(C3=C(c4cn(C)c5cc([N+](=O)[O-])ccc45)C(=O)NC3=O)cn(C)c2c1. The number of non-ortho nitro benzene ring substituents is 1. The van der Waals surface area contributed by atoms with Crippen molar-refractivity contribution < 1.29 is 14.5 Å². The van der Waals surface area contributed by atoms with E-state index in [1.54, 1.807) is 34.8 Å². The minimum absolute atomic E-state index is 0.0466. The second-order valence-electron chi connectivity index (χ2n) is 8.87. The van der Waals surface area contributed by atoms with Crippen LogP contribution in [-0.4, -0.2) is 35.7 Å². The molecule has 0 radical (unpaired) electrons. The molecule has 0 unspecified atom stereocenters. The van der Waals surface area contributed by atoms with Crippen LogP contribution in [0.2, 0.25) is 0 Å². The van der Waals surface area contributed by atoms with Gasteiger partial charge in [-0.3, -0.25) is 29.7 Å². The Morgan fingerprint density at radius 1 is 0.833 bits per heavy atom. The molecule has 0 saturated carbocycles. The minimum atomic E-state index is -0.496. The summed E-state index contributed by atoms with van der Waals surface area (Å²) in [6.07, 6.45) is 5.31. The average molecular weight is 480 g/mol. The van der Waals surface area contributed by atoms with Crippen LogP contribution < -0.4 is 5.32 Å². The Morgan fingerprint density at radius 2 is 1.42 bits per heavy atom. The molecule has 1 aliphatic rings. The van der Waals surface area contributed by atoms with Gasteiger partial charge in [0.1, 0.15) is 0 Å². The van der Waals surface area contributed by atoms with Crippen LogP contribution in [-0.2, 0) is 30.7 Å². The molecule has 1 N–H and O–H groups in total. The fraction of sp³-hybridized carbons (Fsp3) is 0.115. The number of aryl methyl sites for hydroxylation is 3. The molecular formula is C26H20N6O4. The number of carbonyl (C=O) groups excluding carboxylic acids is 2. The van der Waals surface area contributed by atoms with Gasteiger partial charge >= 0.3 is 0 Å². The van der Waals surface area contributed by atoms with Crippen LogP contribution in [0.4, 0.5) is 5.69 Å². The second kappa shape index (κ2) is 7.51. The molecule has 6 rings (SSSR count). The maximum absolute atomic E-state index is 13.1. The Labute approximate surface area is 204 Å². The molecule has 0 bridgehead atoms. The van der Waals surface area contributed by atoms with Gasteiger partial charge in [0, 0.05) is 84.8 Å². The van der Waals surface area contributed by atoms with Gasteiger partial charge < -0.3 is 9.13 Å². The third-order valence-corrected chi connectivity index (χ3v) is 6.76. The smallest absolute Gasteiger partial charge is 0.271 e. The summed E-state index contributed by atoms with van der Waals surface area (Å²) in [6.45, 7) is 0. The zero-order chi connectivity index (χ0) is 25.3. The van der Waals surface area contributed by atoms with Gasteiger partial charge in [-0.1, -0.05) is 12.1 Å². The van der Waals surface area contributed by atoms with E-state index in [0.717, 1.165) is 22.2 Å². The monoisotopic (exact) mass is 480 g/mol. The molecule has 36 heavy (non-hydrogen) atoms. The normalized spacial score (nSPS) is 13.9. The number of aromatic nitrogens is 4. The van der Waals surface area contributed by atoms with Crippen LogP contribution in [0, 0.1) is 10.1 Å². The molecule has 1 aliphatic heterocycles. The third kappa shape index (κ3) is 3.01. The first kappa shape index (κ1) is 21.5. The number of hydrogen-bond acceptors (Lipinski definition) is 5. The number of rotatable bonds is 4. The summed E-state index contributed by atoms with van der Waals surface area (Å²) in [6, 6.07) is 12.4. The molecule has 4 heterocycles. The van der Waals surface area contributed by atoms with Gasteiger partial charge in [0.15, 0.2) is 0 Å². The van der Waals surface area contributed by atoms with Gasteiger partial charge in [-0.25, -0.2) is 0 Å². The number of nitro groups is 1. The van der Waals surface area contributed by atoms with Crippen molar-refractivity contribution in [2.75, 3.05) is 0 Å². The van der Waals surface area contributed by atoms with E-state index in [-0.39, 0.29) is 16.8 Å². The van der Waals surface area contributed by atoms with E-state index in [2.05, 4.69) is 10.4 Å². The number of nitrogens with one attached hydrogen (secondary N) is 1. The number of nitrogens with zero attached hydrogens (tertiary/aromatic N) is 5. The van der Waals surface area contributed by atoms with Crippen LogP contribution in [0.25, 0.3) is 44.2 Å². The third-order valence-electron chi connectivity index (χ3n) is 6.76. The van der Waals surface area contributed by atoms with Gasteiger partial charge in [0.05, 0.1) is 27.3 Å². The maximum atomic E-state index is 13.1. The molecular weight excluding hydrogens is 460 g/mol. The molecule has 3 aromatic heterocycles. The lowest BCUT2D eigenvalue weighted by Gasteiger charge is -2.05. The topological polar surface area (TPSA) is 117 Å². The zero-order valence-corrected chi connectivity index (χ0v) is 19.6. The molecule has 0 fully saturated rings. The van der Waals surface area contributed by atoms with Crippen LogP contribution in [0.3, 0.4) is 0 Å². The number of fused-ring (bicyclic) bond motifs is 2. The quantitative estimate of drug-likeness (QED) is 0.240. The Morgan fingerprint density at radius 3 is 1.97 bits per heavy atom. The Balaban J connectivity index is 1.59. The summed E-state index contributed by atoms with van der Waals surface area (Å²) in [5.74, 6) is -0.971. The van der Waals surface area contributed by atoms with E-state index in [1.807, 2.05) is 49.1 Å². The zero-order valence-electron chi connectivity index (χ0n) is 19.6. The first-order chi connectivity index (χ1) is 17.2. The van der Waals surface area contributed by atoms with Crippen molar-refractivity contribution >= 4 is 50.5 Å². The second-order valence-corrected chi connectivity index (χ2v) is 8.87. The Bertz CT molecular complexity index is 1820. The van der Waals surface area contributed by atoms with Gasteiger partial charge in [-0.05, 0) is 18.2 Å². The van der Waals surface area contributed by atoms with Gasteiger partial charge in [0.25, 0.3) is 17.5 Å². The summed E-state index contributed by atoms with van der Waals surface area (Å²) >= 11 is 0. The number of benzene rings is 2. The minimum Gasteiger partial charge on any atom is -0.350 e. The van der Waals surface area contributed by atoms with E-state index in [9.17, 15) is 19.7 Å². The first-order valence-electron chi connectivity index (χ1n) is 11.2. The van der Waals surface area contributed by atoms with Crippen LogP contribution in [0.5, 0.6) is 0 Å². The average Bonchev–Trinajstić information content (AvgIpc) is 3.58. The molecule has 2 aromatic carbocycles. The van der Waals surface area contributed by atoms with E-state index in [4.69, 9.17) is 0 Å². The molecule has 10 nitrogen and oxygen atoms in total. The van der Waals surface area contributed by atoms with Crippen molar-refractivity contribution in [1.29, 1.82) is 0 Å². The number of hydrogen-bond donors (Lipinski definition) is 1. The van der Waals surface area contributed by atoms with Crippen LogP contribution in [0.1, 0.15) is 11.1 Å². The highest BCUT2D eigenvalue weighted by molar-refractivity contribution is 6.50. The largest absolute Gasteiger partial charge is 0.350 e. The van der Waals surface area contributed by atoms with Gasteiger partial charge in [-0.15, -0.1) is 0 Å². The lowest BCUT2D eigenvalue weighted by Crippen LogP contribution is -2.22. The highest BCUT2D eigenvalue weighted by Gasteiger charge is 2.35. The predicted octanol–water partition coefficient (Wildman–Crippen LogP) is 3.55. The molecule has 5 aromatic rings. The van der Waals surface area contributed by atoms with Crippen molar-refractivity contribution in [2.45, 2.75) is 0 Å². The summed E-state index contributed by atoms with van der Waals surface area (Å²) in [5.41, 5.74) is 5.10. The lowest BCUT2D eigenvalue weighted by atomic mass is 9.95. The lowest BCUT2D eigenvalue weighted by molar-refractivity contribution is -0.384. The van der Waals surface area contributed by atoms with Gasteiger partial charge in [-0.2, -0.15) is 5.10 Å². The fourth-order valence-corrected chi connectivity index (χ4v) is 5.05. The first-order valence-corrected chi connectivity index (χ1v) is 11.2. The molecule has 178 valence electrons. The molecule has 0 atom stereocenters. The van der Waals surface area contributed by atoms with Crippen molar-refractivity contribution in [3.8, 4) is 11.3 Å². The maximum Gasteiger partial charge on any atom is 0.271 e. The van der Waals surface area contributed by atoms with E-state index in [0.29, 0.717) is 22.0 Å². The molecule has 0 aliphatic carbocycles. The standard InChI is InChI=1S/C26H20N6O4/c1-29-12-18(16-6-4-14(10-21(16)29)20-8-9-27-31(20)3)23-24(26(34)28-25(23)33)19-13-30(2)22-11-15(32(35)36)5-7-17(19)22/h4-13H,1-3H3,(H,28,33,34). The van der Waals surface area contributed by atoms with Crippen LogP contribution in [0.15, 0.2) is 61.1 Å². The van der Waals surface area contributed by atoms with Crippen molar-refractivity contribution in [1.82, 2.24) is 24.2 Å². The molecule has 0 spiro atoms. The van der Waals surface area contributed by atoms with Crippen molar-refractivity contribution in [2.24, 2.45) is 21.1 Å². The molecule has 10 heteroatoms. The Hall–Kier alpha value is -4.99. The van der Waals surface area contributed by atoms with Crippen molar-refractivity contribution in [3.63, 3.8) is 0 Å². The number of nitro benzene ring substituents is 1. The fourth-order valence-electron chi connectivity index (χ4n) is 5.05. The predicted molar refractivity (Wildman–Crippen MR) is 135 cm³/mol. The van der Waals surface area contributed by atoms with Crippen molar-refractivity contribution in [3.05, 3.63) is 82.3 Å². The summed E-state index contributed by atoms with van der Waals surface area (Å²) < 4.78 is 5.44. The van der Waals surface area contributed by atoms with Gasteiger partial charge in [0.2, 0.25) is 0 Å². The van der Waals surface area contributed by atoms with E-state index in [1.165, 1.54) is 12.1 Å². The summed E-state index contributed by atoms with van der Waals surface area (Å²) in [4.78, 5) is 37.0. The summed E-state index contributed by atoms with van der Waals surface area (Å²) in [5, 5.41) is 19.4. The Kier molecular flexibility index (Phi) is 4.49.